The molecule has 0 aliphatic carbocycles. The van der Waals surface area contributed by atoms with Crippen LogP contribution in [0, 0.1) is 0 Å². The lowest BCUT2D eigenvalue weighted by atomic mass is 10.0. The van der Waals surface area contributed by atoms with Crippen molar-refractivity contribution in [1.29, 1.82) is 0 Å². The number of unbranched alkanes of at least 4 members (excludes halogenated alkanes) is 2. The fourth-order valence-corrected chi connectivity index (χ4v) is 5.15. The summed E-state index contributed by atoms with van der Waals surface area (Å²) in [6.07, 6.45) is 5.37. The Bertz CT molecular complexity index is 1250. The highest BCUT2D eigenvalue weighted by molar-refractivity contribution is 5.98. The Labute approximate surface area is 290 Å². The maximum Gasteiger partial charge on any atom is 0.245 e. The third-order valence-corrected chi connectivity index (χ3v) is 8.00. The first kappa shape index (κ1) is 41.5. The quantitative estimate of drug-likeness (QED) is 0.0435. The van der Waals surface area contributed by atoms with Crippen molar-refractivity contribution in [3.63, 3.8) is 0 Å². The van der Waals surface area contributed by atoms with Crippen LogP contribution in [-0.2, 0) is 28.8 Å². The summed E-state index contributed by atoms with van der Waals surface area (Å²) in [7, 11) is 0. The average Bonchev–Trinajstić information content (AvgIpc) is 3.59. The highest BCUT2D eigenvalue weighted by Gasteiger charge is 2.34. The third kappa shape index (κ3) is 14.4. The van der Waals surface area contributed by atoms with Crippen molar-refractivity contribution in [3.8, 4) is 0 Å². The first-order chi connectivity index (χ1) is 23.9. The van der Waals surface area contributed by atoms with Crippen molar-refractivity contribution >= 4 is 54.0 Å². The topological polar surface area (TPSA) is 336 Å². The van der Waals surface area contributed by atoms with Gasteiger partial charge < -0.3 is 59.9 Å². The number of carbonyl (C=O) groups excluding carboxylic acids is 6. The summed E-state index contributed by atoms with van der Waals surface area (Å²) in [6.45, 7) is 1.34. The molecule has 1 saturated heterocycles. The van der Waals surface area contributed by atoms with Gasteiger partial charge in [-0.3, -0.25) is 38.8 Å². The van der Waals surface area contributed by atoms with Gasteiger partial charge in [-0.1, -0.05) is 0 Å². The minimum absolute atomic E-state index is 0.0000480. The second kappa shape index (κ2) is 22.1. The zero-order chi connectivity index (χ0) is 37.1. The predicted octanol–water partition coefficient (Wildman–Crippen LogP) is -4.90. The van der Waals surface area contributed by atoms with Crippen LogP contribution >= 0.6 is 0 Å². The molecule has 1 fully saturated rings. The minimum atomic E-state index is -1.51. The van der Waals surface area contributed by atoms with Crippen LogP contribution in [0.1, 0.15) is 64.7 Å². The van der Waals surface area contributed by atoms with E-state index in [0.29, 0.717) is 38.8 Å². The molecule has 0 aromatic carbocycles. The molecule has 280 valence electrons. The molecule has 0 saturated carbocycles. The van der Waals surface area contributed by atoms with E-state index in [1.165, 1.54) is 19.5 Å². The first-order valence-electron chi connectivity index (χ1n) is 16.8. The number of aliphatic hydroxyl groups is 1. The second-order valence-electron chi connectivity index (χ2n) is 12.1. The molecule has 2 aliphatic rings. The molecule has 0 bridgehead atoms. The molecule has 7 atom stereocenters. The fraction of sp³-hybridized carbons (Fsp3) is 0.700. The third-order valence-electron chi connectivity index (χ3n) is 8.00. The molecular weight excluding hydrogens is 654 g/mol. The summed E-state index contributed by atoms with van der Waals surface area (Å²) in [6, 6.07) is -8.03. The summed E-state index contributed by atoms with van der Waals surface area (Å²) in [5.74, 6) is -4.70. The van der Waals surface area contributed by atoms with Crippen molar-refractivity contribution in [2.75, 3.05) is 26.2 Å². The maximum absolute atomic E-state index is 13.8. The Kier molecular flexibility index (Phi) is 18.3. The lowest BCUT2D eigenvalue weighted by Gasteiger charge is -2.28. The summed E-state index contributed by atoms with van der Waals surface area (Å²) in [4.78, 5) is 92.9. The highest BCUT2D eigenvalue weighted by Crippen LogP contribution is 2.11. The van der Waals surface area contributed by atoms with E-state index < -0.39 is 84.3 Å². The van der Waals surface area contributed by atoms with Crippen molar-refractivity contribution in [3.05, 3.63) is 0 Å². The number of aliphatic imine (C=N–C) groups is 3. The van der Waals surface area contributed by atoms with Crippen LogP contribution in [-0.4, -0.2) is 128 Å². The lowest BCUT2D eigenvalue weighted by molar-refractivity contribution is -0.137. The Balaban J connectivity index is 2.53. The molecule has 0 spiro atoms. The van der Waals surface area contributed by atoms with E-state index >= 15 is 0 Å². The van der Waals surface area contributed by atoms with E-state index in [-0.39, 0.29) is 44.6 Å². The lowest BCUT2D eigenvalue weighted by Crippen LogP contribution is -2.61. The molecular formula is C30H53N13O7. The van der Waals surface area contributed by atoms with Crippen LogP contribution < -0.4 is 54.8 Å². The van der Waals surface area contributed by atoms with Gasteiger partial charge >= 0.3 is 0 Å². The fourth-order valence-electron chi connectivity index (χ4n) is 5.15. The zero-order valence-electron chi connectivity index (χ0n) is 28.4. The molecule has 20 nitrogen and oxygen atoms in total. The van der Waals surface area contributed by atoms with Gasteiger partial charge in [0.05, 0.1) is 12.6 Å². The predicted molar refractivity (Wildman–Crippen MR) is 185 cm³/mol. The van der Waals surface area contributed by atoms with E-state index in [1.54, 1.807) is 0 Å². The average molecular weight is 708 g/mol. The largest absolute Gasteiger partial charge is 0.394 e. The van der Waals surface area contributed by atoms with Crippen molar-refractivity contribution in [1.82, 2.24) is 31.9 Å². The Hall–Kier alpha value is -4.69. The normalized spacial score (nSPS) is 26.8. The number of guanidine groups is 1. The summed E-state index contributed by atoms with van der Waals surface area (Å²) >= 11 is 0. The van der Waals surface area contributed by atoms with Gasteiger partial charge in [-0.25, -0.2) is 4.99 Å². The number of carbonyl (C=O) groups is 6. The van der Waals surface area contributed by atoms with E-state index in [4.69, 9.17) is 22.9 Å². The van der Waals surface area contributed by atoms with E-state index in [9.17, 15) is 33.9 Å². The van der Waals surface area contributed by atoms with Gasteiger partial charge in [0.1, 0.15) is 42.6 Å². The van der Waals surface area contributed by atoms with Gasteiger partial charge in [-0.05, 0) is 71.4 Å². The molecule has 15 N–H and O–H groups in total. The van der Waals surface area contributed by atoms with Crippen LogP contribution in [0.5, 0.6) is 0 Å². The van der Waals surface area contributed by atoms with Crippen molar-refractivity contribution in [2.24, 2.45) is 37.9 Å². The SMILES string of the molecule is C[C@H]1NC(=O)[C@H](CCCCN)NC(=O)[C@H](CCCCN)NC(=O)[C@H](CC2C=NC=N2)NC(=O)[C@H](CCCN=C(N)N)NC(=O)[C@H](CO)NC1=O. The number of amides is 6. The van der Waals surface area contributed by atoms with E-state index in [2.05, 4.69) is 46.9 Å². The molecule has 0 aromatic heterocycles. The number of hydrogen-bond acceptors (Lipinski definition) is 12. The minimum Gasteiger partial charge on any atom is -0.394 e. The standard InChI is InChI=1S/C30H53N13O7/c1-17-24(45)43-23(15-44)29(50)41-21(9-6-12-36-30(33)34)27(48)42-22(13-18-14-35-16-37-18)28(49)40-20(8-3-5-11-32)26(47)39-19(25(46)38-17)7-2-4-10-31/h14,16-23,44H,2-13,15,31-32H2,1H3,(H,38,46)(H,39,47)(H,40,49)(H,41,50)(H,42,48)(H,43,45)(H4,33,34,36)/t17-,18?,19+,20+,21+,22+,23+/m1/s1. The van der Waals surface area contributed by atoms with Gasteiger partial charge in [0.15, 0.2) is 5.96 Å². The maximum atomic E-state index is 13.8. The smallest absolute Gasteiger partial charge is 0.245 e. The number of nitrogens with two attached hydrogens (primary N) is 4. The van der Waals surface area contributed by atoms with Crippen LogP contribution in [0.25, 0.3) is 0 Å². The van der Waals surface area contributed by atoms with Crippen LogP contribution in [0.4, 0.5) is 0 Å². The molecule has 6 amide bonds. The second-order valence-corrected chi connectivity index (χ2v) is 12.1. The Morgan fingerprint density at radius 1 is 0.680 bits per heavy atom. The molecule has 2 rings (SSSR count). The molecule has 2 aliphatic heterocycles. The molecule has 50 heavy (non-hydrogen) atoms. The molecule has 0 radical (unpaired) electrons. The molecule has 1 unspecified atom stereocenters. The number of nitrogens with one attached hydrogen (secondary N) is 6. The van der Waals surface area contributed by atoms with Gasteiger partial charge in [0, 0.05) is 19.2 Å². The van der Waals surface area contributed by atoms with Crippen molar-refractivity contribution < 1.29 is 33.9 Å². The molecule has 20 heteroatoms. The van der Waals surface area contributed by atoms with Gasteiger partial charge in [0.2, 0.25) is 35.4 Å². The number of hydrogen-bond donors (Lipinski definition) is 11. The number of nitrogens with zero attached hydrogens (tertiary/aromatic N) is 3. The van der Waals surface area contributed by atoms with Crippen LogP contribution in [0.3, 0.4) is 0 Å². The Morgan fingerprint density at radius 3 is 1.62 bits per heavy atom. The summed E-state index contributed by atoms with van der Waals surface area (Å²) < 4.78 is 0. The van der Waals surface area contributed by atoms with E-state index in [0.717, 1.165) is 0 Å². The van der Waals surface area contributed by atoms with Gasteiger partial charge in [-0.2, -0.15) is 0 Å². The zero-order valence-corrected chi connectivity index (χ0v) is 28.4. The van der Waals surface area contributed by atoms with Gasteiger partial charge in [-0.15, -0.1) is 0 Å². The van der Waals surface area contributed by atoms with Gasteiger partial charge in [0.25, 0.3) is 0 Å². The summed E-state index contributed by atoms with van der Waals surface area (Å²) in [5, 5.41) is 25.5. The molecule has 2 heterocycles. The first-order valence-corrected chi connectivity index (χ1v) is 16.8. The summed E-state index contributed by atoms with van der Waals surface area (Å²) in [5.41, 5.74) is 22.1. The van der Waals surface area contributed by atoms with Crippen LogP contribution in [0.2, 0.25) is 0 Å². The van der Waals surface area contributed by atoms with Crippen molar-refractivity contribution in [2.45, 2.75) is 107 Å². The monoisotopic (exact) mass is 707 g/mol. The number of rotatable bonds is 15. The Morgan fingerprint density at radius 2 is 1.14 bits per heavy atom. The van der Waals surface area contributed by atoms with Crippen LogP contribution in [0.15, 0.2) is 15.0 Å². The molecule has 0 aromatic rings. The number of aliphatic hydroxyl groups excluding tert-OH is 1. The van der Waals surface area contributed by atoms with E-state index in [1.807, 2.05) is 0 Å². The highest BCUT2D eigenvalue weighted by atomic mass is 16.3.